The van der Waals surface area contributed by atoms with Gasteiger partial charge in [-0.2, -0.15) is 36.8 Å². The Bertz CT molecular complexity index is 771. The summed E-state index contributed by atoms with van der Waals surface area (Å²) in [5, 5.41) is 0. The number of benzene rings is 1. The first kappa shape index (κ1) is 36.4. The molecule has 0 aromatic heterocycles. The van der Waals surface area contributed by atoms with Gasteiger partial charge >= 0.3 is 19.5 Å². The second-order valence-corrected chi connectivity index (χ2v) is 20.1. The zero-order valence-electron chi connectivity index (χ0n) is 25.1. The molecule has 0 N–H and O–H groups in total. The van der Waals surface area contributed by atoms with Crippen molar-refractivity contribution in [3.05, 3.63) is 42.8 Å². The van der Waals surface area contributed by atoms with E-state index in [0.29, 0.717) is 24.4 Å². The van der Waals surface area contributed by atoms with Crippen LogP contribution in [0, 0.1) is 13.0 Å². The van der Waals surface area contributed by atoms with Gasteiger partial charge in [0.15, 0.2) is 16.6 Å². The monoisotopic (exact) mass is 621 g/mol. The molecule has 2 saturated heterocycles. The second kappa shape index (κ2) is 21.1. The summed E-state index contributed by atoms with van der Waals surface area (Å²) in [4.78, 5) is 11.9. The third kappa shape index (κ3) is 16.4. The predicted octanol–water partition coefficient (Wildman–Crippen LogP) is 9.01. The molecular weight excluding hydrogens is 567 g/mol. The van der Waals surface area contributed by atoms with E-state index in [1.165, 1.54) is 82.3 Å². The quantitative estimate of drug-likeness (QED) is 0.132. The molecule has 5 nitrogen and oxygen atoms in total. The Labute approximate surface area is 249 Å². The molecule has 1 aromatic rings. The van der Waals surface area contributed by atoms with E-state index in [4.69, 9.17) is 17.5 Å². The van der Waals surface area contributed by atoms with Crippen molar-refractivity contribution >= 4 is 22.6 Å². The first-order chi connectivity index (χ1) is 18.8. The zero-order valence-corrected chi connectivity index (χ0v) is 28.1. The van der Waals surface area contributed by atoms with Gasteiger partial charge in [0.1, 0.15) is 0 Å². The fraction of sp³-hybridized carbons (Fsp3) is 0.742. The van der Waals surface area contributed by atoms with Crippen LogP contribution in [0.15, 0.2) is 24.3 Å². The van der Waals surface area contributed by atoms with Crippen LogP contribution in [0.25, 0.3) is 0 Å². The van der Waals surface area contributed by atoms with Crippen molar-refractivity contribution in [2.24, 2.45) is 0 Å². The van der Waals surface area contributed by atoms with Crippen LogP contribution in [0.3, 0.4) is 0 Å². The van der Waals surface area contributed by atoms with Gasteiger partial charge in [0.05, 0.1) is 6.61 Å². The Balaban J connectivity index is 0.000000407. The second-order valence-electron chi connectivity index (χ2n) is 11.8. The normalized spacial score (nSPS) is 28.3. The van der Waals surface area contributed by atoms with Gasteiger partial charge in [-0.25, -0.2) is 0 Å². The van der Waals surface area contributed by atoms with E-state index >= 15 is 0 Å². The summed E-state index contributed by atoms with van der Waals surface area (Å²) in [6, 6.07) is 14.8. The number of carbonyl (C=O) groups excluding carboxylic acids is 1. The van der Waals surface area contributed by atoms with E-state index < -0.39 is 16.6 Å². The Morgan fingerprint density at radius 3 is 2.00 bits per heavy atom. The van der Waals surface area contributed by atoms with Crippen LogP contribution in [0.4, 0.5) is 0 Å². The van der Waals surface area contributed by atoms with Crippen LogP contribution in [-0.2, 0) is 33.1 Å². The molecule has 0 aliphatic carbocycles. The molecule has 0 spiro atoms. The first-order valence-corrected chi connectivity index (χ1v) is 21.2. The molecule has 4 unspecified atom stereocenters. The van der Waals surface area contributed by atoms with Crippen molar-refractivity contribution in [3.8, 4) is 0 Å². The summed E-state index contributed by atoms with van der Waals surface area (Å²) < 4.78 is 26.1. The summed E-state index contributed by atoms with van der Waals surface area (Å²) in [5.74, 6) is -0.252. The van der Waals surface area contributed by atoms with Gasteiger partial charge in [0, 0.05) is 12.2 Å². The molecule has 2 heterocycles. The van der Waals surface area contributed by atoms with Crippen molar-refractivity contribution in [2.45, 2.75) is 140 Å². The van der Waals surface area contributed by atoms with Gasteiger partial charge < -0.3 is 20.5 Å². The zero-order chi connectivity index (χ0) is 29.0. The summed E-state index contributed by atoms with van der Waals surface area (Å²) in [7, 11) is -3.04. The van der Waals surface area contributed by atoms with Gasteiger partial charge in [0.25, 0.3) is 5.97 Å². The molecule has 2 fully saturated rings. The SMILES string of the molecule is CC1CCCCCC[Si](C)(CCCOC(=O)c2c[c-]ccc2)O1.[CH2-]CC[Si]1(C)CCCCCCC(C)O1.[O]=[Co]. The number of hydrogen-bond donors (Lipinski definition) is 0. The average Bonchev–Trinajstić information content (AvgIpc) is 3.06. The predicted molar refractivity (Wildman–Crippen MR) is 161 cm³/mol. The molecule has 227 valence electrons. The molecular formula is C31H54CoO5Si2-2. The van der Waals surface area contributed by atoms with Crippen molar-refractivity contribution in [1.82, 2.24) is 0 Å². The summed E-state index contributed by atoms with van der Waals surface area (Å²) in [6.45, 7) is 13.7. The fourth-order valence-electron chi connectivity index (χ4n) is 5.73. The van der Waals surface area contributed by atoms with Gasteiger partial charge in [-0.15, -0.1) is 0 Å². The van der Waals surface area contributed by atoms with Crippen LogP contribution >= 0.6 is 0 Å². The number of ether oxygens (including phenoxy) is 1. The summed E-state index contributed by atoms with van der Waals surface area (Å²) in [5.41, 5.74) is 0.572. The van der Waals surface area contributed by atoms with Gasteiger partial charge in [-0.1, -0.05) is 63.0 Å². The van der Waals surface area contributed by atoms with E-state index in [2.05, 4.69) is 55.6 Å². The van der Waals surface area contributed by atoms with E-state index in [1.54, 1.807) is 24.3 Å². The number of esters is 1. The van der Waals surface area contributed by atoms with Crippen LogP contribution in [0.1, 0.15) is 101 Å². The minimum atomic E-state index is -1.66. The molecule has 2 aliphatic heterocycles. The maximum atomic E-state index is 11.9. The Kier molecular flexibility index (Phi) is 19.7. The Morgan fingerprint density at radius 1 is 0.949 bits per heavy atom. The minimum absolute atomic E-state index is 0.252. The first-order valence-electron chi connectivity index (χ1n) is 15.2. The number of rotatable bonds is 7. The van der Waals surface area contributed by atoms with Crippen molar-refractivity contribution in [2.75, 3.05) is 6.61 Å². The van der Waals surface area contributed by atoms with Crippen LogP contribution in [0.5, 0.6) is 0 Å². The van der Waals surface area contributed by atoms with Crippen molar-refractivity contribution < 1.29 is 37.9 Å². The topological polar surface area (TPSA) is 61.8 Å². The number of carbonyl (C=O) groups is 1. The standard InChI is InChI=1S/C19H29O3Si.C12H25OSi.Co.O/c1-17-11-6-3-4-9-15-23(2,22-17)16-10-14-21-19(20)18-12-7-5-8-13-18;1-4-10-14(3)11-8-6-5-7-9-12(2)13-14;;/h5,7,12-13,17H,3-4,6,9-11,14-16H2,1-2H3;12H,1,4-11H2,2-3H3;;/q2*-1;;. The fourth-order valence-corrected chi connectivity index (χ4v) is 12.5. The third-order valence-electron chi connectivity index (χ3n) is 7.84. The summed E-state index contributed by atoms with van der Waals surface area (Å²) >= 11 is 2.31. The Morgan fingerprint density at radius 2 is 1.49 bits per heavy atom. The maximum absolute atomic E-state index is 11.9. The summed E-state index contributed by atoms with van der Waals surface area (Å²) in [6.07, 6.45) is 16.1. The van der Waals surface area contributed by atoms with E-state index in [1.807, 2.05) is 0 Å². The van der Waals surface area contributed by atoms with Gasteiger partial charge in [0.2, 0.25) is 0 Å². The Hall–Kier alpha value is -0.650. The van der Waals surface area contributed by atoms with E-state index in [0.717, 1.165) is 18.9 Å². The van der Waals surface area contributed by atoms with Gasteiger partial charge in [-0.3, -0.25) is 4.79 Å². The van der Waals surface area contributed by atoms with Crippen molar-refractivity contribution in [1.29, 1.82) is 0 Å². The molecule has 2 aliphatic rings. The molecule has 4 atom stereocenters. The van der Waals surface area contributed by atoms with Gasteiger partial charge in [-0.05, 0) is 64.3 Å². The third-order valence-corrected chi connectivity index (χ3v) is 15.4. The molecule has 1 aromatic carbocycles. The molecule has 0 saturated carbocycles. The molecule has 39 heavy (non-hydrogen) atoms. The molecule has 8 heteroatoms. The van der Waals surface area contributed by atoms with Crippen LogP contribution < -0.4 is 0 Å². The average molecular weight is 622 g/mol. The number of hydrogen-bond acceptors (Lipinski definition) is 5. The molecule has 0 bridgehead atoms. The van der Waals surface area contributed by atoms with E-state index in [9.17, 15) is 4.79 Å². The molecule has 0 amide bonds. The van der Waals surface area contributed by atoms with Crippen LogP contribution in [0.2, 0.25) is 37.3 Å². The molecule has 0 radical (unpaired) electrons. The molecule has 3 rings (SSSR count). The van der Waals surface area contributed by atoms with Crippen LogP contribution in [-0.4, -0.2) is 41.4 Å². The van der Waals surface area contributed by atoms with Crippen molar-refractivity contribution in [3.63, 3.8) is 0 Å². The van der Waals surface area contributed by atoms with E-state index in [-0.39, 0.29) is 5.97 Å².